The van der Waals surface area contributed by atoms with Crippen molar-refractivity contribution in [3.05, 3.63) is 65.9 Å². The molecule has 0 saturated heterocycles. The van der Waals surface area contributed by atoms with Crippen LogP contribution in [-0.4, -0.2) is 30.7 Å². The van der Waals surface area contributed by atoms with Gasteiger partial charge in [0, 0.05) is 45.2 Å². The number of hydrogen-bond donors (Lipinski definition) is 1. The molecule has 0 spiro atoms. The number of quaternary nitrogens is 1. The standard InChI is InChI=1S/C25H26N2O3/c1-5-26(6-2)17-11-13-18(14-12-17)27-16(3)23(25(28)29)21-15-22(30-4)19-9-7-8-10-20(19)24(21)27/h7-15H,5-6H2,1-4H3,(H,28,29). The number of rotatable bonds is 6. The molecule has 0 aliphatic heterocycles. The summed E-state index contributed by atoms with van der Waals surface area (Å²) in [4.78, 5) is 13.5. The number of aromatic carboxylic acids is 1. The number of hydrogen-bond acceptors (Lipinski definition) is 3. The van der Waals surface area contributed by atoms with Crippen molar-refractivity contribution in [1.82, 2.24) is 4.57 Å². The Morgan fingerprint density at radius 2 is 1.63 bits per heavy atom. The highest BCUT2D eigenvalue weighted by molar-refractivity contribution is 6.16. The molecule has 4 aromatic rings. The van der Waals surface area contributed by atoms with Crippen molar-refractivity contribution >= 4 is 33.3 Å². The Hall–Kier alpha value is -3.31. The van der Waals surface area contributed by atoms with E-state index in [1.165, 1.54) is 10.6 Å². The molecule has 154 valence electrons. The average molecular weight is 402 g/mol. The summed E-state index contributed by atoms with van der Waals surface area (Å²) in [7, 11) is 1.60. The summed E-state index contributed by atoms with van der Waals surface area (Å²) in [6.45, 7) is 8.20. The number of carboxylic acid groups (broad SMARTS) is 1. The molecule has 0 saturated carbocycles. The first-order chi connectivity index (χ1) is 14.5. The normalized spacial score (nSPS) is 11.5. The zero-order valence-electron chi connectivity index (χ0n) is 17.8. The summed E-state index contributed by atoms with van der Waals surface area (Å²) >= 11 is 0. The van der Waals surface area contributed by atoms with Crippen LogP contribution in [0.2, 0.25) is 0 Å². The van der Waals surface area contributed by atoms with E-state index < -0.39 is 5.97 Å². The monoisotopic (exact) mass is 402 g/mol. The third-order valence-corrected chi connectivity index (χ3v) is 5.98. The molecule has 0 radical (unpaired) electrons. The first kappa shape index (κ1) is 20.0. The third kappa shape index (κ3) is 3.02. The molecule has 0 aliphatic carbocycles. The molecule has 0 bridgehead atoms. The summed E-state index contributed by atoms with van der Waals surface area (Å²) < 4.78 is 7.58. The van der Waals surface area contributed by atoms with Crippen LogP contribution < -0.4 is 14.7 Å². The first-order valence-electron chi connectivity index (χ1n) is 10.3. The fourth-order valence-electron chi connectivity index (χ4n) is 4.49. The Balaban J connectivity index is 2.06. The molecule has 30 heavy (non-hydrogen) atoms. The predicted molar refractivity (Wildman–Crippen MR) is 118 cm³/mol. The number of nitrogens with zero attached hydrogens (tertiary/aromatic N) is 1. The van der Waals surface area contributed by atoms with Crippen molar-refractivity contribution < 1.29 is 19.5 Å². The molecule has 0 atom stereocenters. The fraction of sp³-hybridized carbons (Fsp3) is 0.240. The maximum absolute atomic E-state index is 12.1. The van der Waals surface area contributed by atoms with Crippen LogP contribution in [-0.2, 0) is 0 Å². The van der Waals surface area contributed by atoms with E-state index in [4.69, 9.17) is 4.74 Å². The topological polar surface area (TPSA) is 58.7 Å². The van der Waals surface area contributed by atoms with Crippen LogP contribution in [0.5, 0.6) is 5.75 Å². The molecule has 0 aliphatic rings. The lowest BCUT2D eigenvalue weighted by molar-refractivity contribution is -0.828. The van der Waals surface area contributed by atoms with Gasteiger partial charge in [-0.2, -0.15) is 0 Å². The second-order valence-corrected chi connectivity index (χ2v) is 7.46. The summed E-state index contributed by atoms with van der Waals surface area (Å²) in [6.07, 6.45) is 0. The zero-order valence-corrected chi connectivity index (χ0v) is 17.8. The van der Waals surface area contributed by atoms with Crippen molar-refractivity contribution in [2.24, 2.45) is 0 Å². The van der Waals surface area contributed by atoms with Gasteiger partial charge in [-0.05, 0) is 39.0 Å². The van der Waals surface area contributed by atoms with E-state index in [0.717, 1.165) is 35.1 Å². The van der Waals surface area contributed by atoms with Crippen LogP contribution >= 0.6 is 0 Å². The van der Waals surface area contributed by atoms with E-state index in [0.29, 0.717) is 16.8 Å². The molecule has 0 fully saturated rings. The first-order valence-corrected chi connectivity index (χ1v) is 10.3. The Kier molecular flexibility index (Phi) is 5.22. The SMILES string of the molecule is CC[NH+](CC)c1ccc(-n2c(C)c(C(=O)[O-])c3cc(OC)c4ccccc4c32)cc1. The van der Waals surface area contributed by atoms with Crippen molar-refractivity contribution in [2.45, 2.75) is 20.8 Å². The molecule has 1 aromatic heterocycles. The number of carbonyl (C=O) groups excluding carboxylic acids is 1. The van der Waals surface area contributed by atoms with Gasteiger partial charge < -0.3 is 24.1 Å². The lowest BCUT2D eigenvalue weighted by Gasteiger charge is -2.16. The van der Waals surface area contributed by atoms with Gasteiger partial charge in [0.2, 0.25) is 0 Å². The van der Waals surface area contributed by atoms with E-state index in [2.05, 4.69) is 38.1 Å². The Morgan fingerprint density at radius 1 is 1.00 bits per heavy atom. The molecule has 3 aromatic carbocycles. The van der Waals surface area contributed by atoms with E-state index in [-0.39, 0.29) is 5.56 Å². The Labute approximate surface area is 176 Å². The molecule has 1 N–H and O–H groups in total. The van der Waals surface area contributed by atoms with Crippen molar-refractivity contribution in [1.29, 1.82) is 0 Å². The molecule has 0 amide bonds. The largest absolute Gasteiger partial charge is 0.545 e. The second-order valence-electron chi connectivity index (χ2n) is 7.46. The van der Waals surface area contributed by atoms with Crippen molar-refractivity contribution in [2.75, 3.05) is 20.2 Å². The summed E-state index contributed by atoms with van der Waals surface area (Å²) in [5.41, 5.74) is 3.85. The maximum atomic E-state index is 12.1. The lowest BCUT2D eigenvalue weighted by atomic mass is 10.0. The van der Waals surface area contributed by atoms with Gasteiger partial charge in [-0.15, -0.1) is 0 Å². The molecule has 1 heterocycles. The number of carbonyl (C=O) groups is 1. The van der Waals surface area contributed by atoms with Crippen molar-refractivity contribution in [3.63, 3.8) is 0 Å². The highest BCUT2D eigenvalue weighted by Crippen LogP contribution is 2.39. The minimum Gasteiger partial charge on any atom is -0.545 e. The molecule has 5 nitrogen and oxygen atoms in total. The molecule has 4 rings (SSSR count). The predicted octanol–water partition coefficient (Wildman–Crippen LogP) is 3.02. The smallest absolute Gasteiger partial charge is 0.131 e. The number of benzene rings is 3. The minimum absolute atomic E-state index is 0.201. The van der Waals surface area contributed by atoms with Crippen LogP contribution in [0.15, 0.2) is 54.6 Å². The van der Waals surface area contributed by atoms with Crippen LogP contribution in [0.4, 0.5) is 5.69 Å². The number of aromatic nitrogens is 1. The fourth-order valence-corrected chi connectivity index (χ4v) is 4.49. The van der Waals surface area contributed by atoms with Gasteiger partial charge in [0.1, 0.15) is 11.4 Å². The number of carboxylic acids is 1. The highest BCUT2D eigenvalue weighted by atomic mass is 16.5. The van der Waals surface area contributed by atoms with Gasteiger partial charge in [-0.3, -0.25) is 0 Å². The minimum atomic E-state index is -1.18. The van der Waals surface area contributed by atoms with Gasteiger partial charge in [0.05, 0.1) is 31.7 Å². The van der Waals surface area contributed by atoms with Gasteiger partial charge in [-0.25, -0.2) is 0 Å². The van der Waals surface area contributed by atoms with Gasteiger partial charge in [0.25, 0.3) is 0 Å². The molecule has 5 heteroatoms. The average Bonchev–Trinajstić information content (AvgIpc) is 3.06. The second kappa shape index (κ2) is 7.84. The van der Waals surface area contributed by atoms with E-state index in [9.17, 15) is 9.90 Å². The summed E-state index contributed by atoms with van der Waals surface area (Å²) in [6, 6.07) is 18.1. The molecular formula is C25H26N2O3. The van der Waals surface area contributed by atoms with Crippen LogP contribution in [0.25, 0.3) is 27.4 Å². The number of ether oxygens (including phenoxy) is 1. The lowest BCUT2D eigenvalue weighted by Crippen LogP contribution is -3.06. The molecule has 0 unspecified atom stereocenters. The Morgan fingerprint density at radius 3 is 2.20 bits per heavy atom. The van der Waals surface area contributed by atoms with Gasteiger partial charge in [-0.1, -0.05) is 24.3 Å². The summed E-state index contributed by atoms with van der Waals surface area (Å²) in [5, 5.41) is 14.6. The van der Waals surface area contributed by atoms with Crippen LogP contribution in [0.1, 0.15) is 29.9 Å². The van der Waals surface area contributed by atoms with Crippen LogP contribution in [0.3, 0.4) is 0 Å². The van der Waals surface area contributed by atoms with E-state index >= 15 is 0 Å². The quantitative estimate of drug-likeness (QED) is 0.539. The van der Waals surface area contributed by atoms with E-state index in [1.807, 2.05) is 35.8 Å². The van der Waals surface area contributed by atoms with Gasteiger partial charge in [0.15, 0.2) is 0 Å². The van der Waals surface area contributed by atoms with Gasteiger partial charge >= 0.3 is 0 Å². The summed E-state index contributed by atoms with van der Waals surface area (Å²) in [5.74, 6) is -0.531. The number of methoxy groups -OCH3 is 1. The maximum Gasteiger partial charge on any atom is 0.131 e. The van der Waals surface area contributed by atoms with E-state index in [1.54, 1.807) is 13.2 Å². The Bertz CT molecular complexity index is 1240. The van der Waals surface area contributed by atoms with Crippen LogP contribution in [0, 0.1) is 6.92 Å². The highest BCUT2D eigenvalue weighted by Gasteiger charge is 2.21. The third-order valence-electron chi connectivity index (χ3n) is 5.98. The zero-order chi connectivity index (χ0) is 21.4. The van der Waals surface area contributed by atoms with Crippen molar-refractivity contribution in [3.8, 4) is 11.4 Å². The molecular weight excluding hydrogens is 376 g/mol. The number of fused-ring (bicyclic) bond motifs is 3. The number of nitrogens with one attached hydrogen (secondary N) is 1.